The molecule has 0 aliphatic carbocycles. The van der Waals surface area contributed by atoms with Crippen molar-refractivity contribution >= 4 is 17.3 Å². The third-order valence-corrected chi connectivity index (χ3v) is 4.17. The highest BCUT2D eigenvalue weighted by Gasteiger charge is 2.17. The highest BCUT2D eigenvalue weighted by Crippen LogP contribution is 2.17. The minimum absolute atomic E-state index is 0.0326. The average molecular weight is 309 g/mol. The van der Waals surface area contributed by atoms with Gasteiger partial charge in [-0.2, -0.15) is 0 Å². The molecule has 0 bridgehead atoms. The van der Waals surface area contributed by atoms with E-state index in [1.807, 2.05) is 12.1 Å². The van der Waals surface area contributed by atoms with Gasteiger partial charge in [-0.1, -0.05) is 30.3 Å². The van der Waals surface area contributed by atoms with Crippen LogP contribution in [0.25, 0.3) is 0 Å². The molecule has 4 nitrogen and oxygen atoms in total. The van der Waals surface area contributed by atoms with Gasteiger partial charge in [-0.25, -0.2) is 0 Å². The number of benzene rings is 2. The Balaban J connectivity index is 1.51. The lowest BCUT2D eigenvalue weighted by Crippen LogP contribution is -2.45. The molecule has 0 spiro atoms. The van der Waals surface area contributed by atoms with E-state index < -0.39 is 0 Å². The molecule has 0 saturated carbocycles. The number of anilines is 2. The van der Waals surface area contributed by atoms with E-state index in [0.717, 1.165) is 38.4 Å². The number of para-hydroxylation sites is 1. The summed E-state index contributed by atoms with van der Waals surface area (Å²) >= 11 is 0. The molecule has 1 amide bonds. The predicted molar refractivity (Wildman–Crippen MR) is 94.7 cm³/mol. The molecule has 120 valence electrons. The van der Waals surface area contributed by atoms with Crippen LogP contribution >= 0.6 is 0 Å². The Morgan fingerprint density at radius 1 is 0.957 bits per heavy atom. The molecule has 1 N–H and O–H groups in total. The van der Waals surface area contributed by atoms with Crippen molar-refractivity contribution in [3.05, 3.63) is 60.2 Å². The SMILES string of the molecule is CC(=O)Nc1ccc(CN2CCN(c3ccccc3)CC2)cc1. The van der Waals surface area contributed by atoms with Crippen LogP contribution in [-0.2, 0) is 11.3 Å². The number of nitrogens with one attached hydrogen (secondary N) is 1. The van der Waals surface area contributed by atoms with Crippen LogP contribution in [0.2, 0.25) is 0 Å². The summed E-state index contributed by atoms with van der Waals surface area (Å²) in [6.45, 7) is 6.76. The Bertz CT molecular complexity index is 631. The van der Waals surface area contributed by atoms with Crippen LogP contribution in [0.4, 0.5) is 11.4 Å². The first kappa shape index (κ1) is 15.6. The van der Waals surface area contributed by atoms with Gasteiger partial charge >= 0.3 is 0 Å². The molecule has 3 rings (SSSR count). The van der Waals surface area contributed by atoms with Crippen LogP contribution in [0.3, 0.4) is 0 Å². The molecule has 2 aromatic carbocycles. The molecule has 1 aliphatic heterocycles. The molecule has 1 saturated heterocycles. The molecular weight excluding hydrogens is 286 g/mol. The van der Waals surface area contributed by atoms with E-state index in [4.69, 9.17) is 0 Å². The Kier molecular flexibility index (Phi) is 4.93. The van der Waals surface area contributed by atoms with E-state index in [1.54, 1.807) is 0 Å². The van der Waals surface area contributed by atoms with Crippen molar-refractivity contribution in [2.75, 3.05) is 36.4 Å². The third-order valence-electron chi connectivity index (χ3n) is 4.17. The van der Waals surface area contributed by atoms with Gasteiger partial charge in [0.05, 0.1) is 0 Å². The summed E-state index contributed by atoms with van der Waals surface area (Å²) < 4.78 is 0. The summed E-state index contributed by atoms with van der Waals surface area (Å²) in [5.41, 5.74) is 3.45. The number of hydrogen-bond donors (Lipinski definition) is 1. The minimum Gasteiger partial charge on any atom is -0.369 e. The van der Waals surface area contributed by atoms with Gasteiger partial charge < -0.3 is 10.2 Å². The summed E-state index contributed by atoms with van der Waals surface area (Å²) in [5, 5.41) is 2.80. The molecule has 0 unspecified atom stereocenters. The smallest absolute Gasteiger partial charge is 0.221 e. The molecule has 4 heteroatoms. The summed E-state index contributed by atoms with van der Waals surface area (Å²) in [6, 6.07) is 18.7. The third kappa shape index (κ3) is 4.33. The lowest BCUT2D eigenvalue weighted by atomic mass is 10.1. The predicted octanol–water partition coefficient (Wildman–Crippen LogP) is 2.97. The van der Waals surface area contributed by atoms with E-state index in [0.29, 0.717) is 0 Å². The first-order valence-corrected chi connectivity index (χ1v) is 8.09. The molecular formula is C19H23N3O. The zero-order valence-corrected chi connectivity index (χ0v) is 13.5. The van der Waals surface area contributed by atoms with Crippen molar-refractivity contribution in [1.29, 1.82) is 0 Å². The maximum Gasteiger partial charge on any atom is 0.221 e. The summed E-state index contributed by atoms with van der Waals surface area (Å²) in [4.78, 5) is 16.0. The van der Waals surface area contributed by atoms with Gasteiger partial charge in [-0.3, -0.25) is 9.69 Å². The zero-order chi connectivity index (χ0) is 16.1. The van der Waals surface area contributed by atoms with E-state index in [2.05, 4.69) is 57.6 Å². The van der Waals surface area contributed by atoms with Gasteiger partial charge in [-0.15, -0.1) is 0 Å². The fourth-order valence-corrected chi connectivity index (χ4v) is 2.96. The number of nitrogens with zero attached hydrogens (tertiary/aromatic N) is 2. The van der Waals surface area contributed by atoms with Crippen LogP contribution < -0.4 is 10.2 Å². The van der Waals surface area contributed by atoms with Crippen molar-refractivity contribution in [2.24, 2.45) is 0 Å². The first-order chi connectivity index (χ1) is 11.2. The Morgan fingerprint density at radius 2 is 1.61 bits per heavy atom. The molecule has 2 aromatic rings. The van der Waals surface area contributed by atoms with Crippen LogP contribution in [0.1, 0.15) is 12.5 Å². The number of carbonyl (C=O) groups is 1. The molecule has 0 atom stereocenters. The largest absolute Gasteiger partial charge is 0.369 e. The fraction of sp³-hybridized carbons (Fsp3) is 0.316. The number of amides is 1. The Labute approximate surface area is 137 Å². The number of rotatable bonds is 4. The van der Waals surface area contributed by atoms with Crippen LogP contribution in [0.15, 0.2) is 54.6 Å². The summed E-state index contributed by atoms with van der Waals surface area (Å²) in [6.07, 6.45) is 0. The second-order valence-electron chi connectivity index (χ2n) is 5.98. The molecule has 1 aliphatic rings. The standard InChI is InChI=1S/C19H23N3O/c1-16(23)20-18-9-7-17(8-10-18)15-21-11-13-22(14-12-21)19-5-3-2-4-6-19/h2-10H,11-15H2,1H3,(H,20,23). The van der Waals surface area contributed by atoms with Crippen LogP contribution in [0, 0.1) is 0 Å². The van der Waals surface area contributed by atoms with E-state index >= 15 is 0 Å². The maximum absolute atomic E-state index is 11.0. The average Bonchev–Trinajstić information content (AvgIpc) is 2.58. The molecule has 0 aromatic heterocycles. The highest BCUT2D eigenvalue weighted by atomic mass is 16.1. The van der Waals surface area contributed by atoms with Crippen molar-refractivity contribution in [3.8, 4) is 0 Å². The number of piperazine rings is 1. The van der Waals surface area contributed by atoms with Gasteiger partial charge in [0.15, 0.2) is 0 Å². The molecule has 23 heavy (non-hydrogen) atoms. The number of carbonyl (C=O) groups excluding carboxylic acids is 1. The van der Waals surface area contributed by atoms with Crippen molar-refractivity contribution in [2.45, 2.75) is 13.5 Å². The van der Waals surface area contributed by atoms with Crippen molar-refractivity contribution in [1.82, 2.24) is 4.90 Å². The van der Waals surface area contributed by atoms with Crippen molar-refractivity contribution in [3.63, 3.8) is 0 Å². The highest BCUT2D eigenvalue weighted by molar-refractivity contribution is 5.88. The van der Waals surface area contributed by atoms with E-state index in [1.165, 1.54) is 18.2 Å². The minimum atomic E-state index is -0.0326. The van der Waals surface area contributed by atoms with Crippen LogP contribution in [-0.4, -0.2) is 37.0 Å². The normalized spacial score (nSPS) is 15.4. The van der Waals surface area contributed by atoms with E-state index in [-0.39, 0.29) is 5.91 Å². The zero-order valence-electron chi connectivity index (χ0n) is 13.5. The van der Waals surface area contributed by atoms with E-state index in [9.17, 15) is 4.79 Å². The van der Waals surface area contributed by atoms with Crippen LogP contribution in [0.5, 0.6) is 0 Å². The summed E-state index contributed by atoms with van der Waals surface area (Å²) in [7, 11) is 0. The second-order valence-corrected chi connectivity index (χ2v) is 5.98. The quantitative estimate of drug-likeness (QED) is 0.943. The molecule has 0 radical (unpaired) electrons. The first-order valence-electron chi connectivity index (χ1n) is 8.09. The van der Waals surface area contributed by atoms with Gasteiger partial charge in [0, 0.05) is 51.0 Å². The summed E-state index contributed by atoms with van der Waals surface area (Å²) in [5.74, 6) is -0.0326. The number of hydrogen-bond acceptors (Lipinski definition) is 3. The monoisotopic (exact) mass is 309 g/mol. The fourth-order valence-electron chi connectivity index (χ4n) is 2.96. The Morgan fingerprint density at radius 3 is 2.22 bits per heavy atom. The lowest BCUT2D eigenvalue weighted by molar-refractivity contribution is -0.114. The molecule has 1 fully saturated rings. The topological polar surface area (TPSA) is 35.6 Å². The Hall–Kier alpha value is -2.33. The van der Waals surface area contributed by atoms with Gasteiger partial charge in [0.2, 0.25) is 5.91 Å². The lowest BCUT2D eigenvalue weighted by Gasteiger charge is -2.36. The second kappa shape index (κ2) is 7.29. The maximum atomic E-state index is 11.0. The van der Waals surface area contributed by atoms with Gasteiger partial charge in [0.25, 0.3) is 0 Å². The molecule has 1 heterocycles. The van der Waals surface area contributed by atoms with Gasteiger partial charge in [-0.05, 0) is 29.8 Å². The van der Waals surface area contributed by atoms with Crippen molar-refractivity contribution < 1.29 is 4.79 Å². The van der Waals surface area contributed by atoms with Gasteiger partial charge in [0.1, 0.15) is 0 Å².